The molecule has 0 bridgehead atoms. The van der Waals surface area contributed by atoms with Gasteiger partial charge in [-0.05, 0) is 20.8 Å². The standard InChI is InChI=1S/C7H11NO4.C5H11NO3.C5H9NO2/c1-3(9)5-6(11)8-7(5)12-4(2)10;1-3(7)4(2-6)5(8)9;1-3(7)4-2-6-5(4)8/h3,5,7,9H,1-2H3,(H,8,11);3-4,7H,2,6H2,1H3,(H,8,9);3-4,7H,2H2,1H3,(H,6,8)/t3-,5+,7-;2*3-,4+/m111/s1. The Balaban J connectivity index is 0.000000416. The predicted octanol–water partition coefficient (Wildman–Crippen LogP) is -2.86. The fourth-order valence-electron chi connectivity index (χ4n) is 2.32. The maximum Gasteiger partial charge on any atom is 0.310 e. The van der Waals surface area contributed by atoms with Gasteiger partial charge in [0, 0.05) is 20.0 Å². The summed E-state index contributed by atoms with van der Waals surface area (Å²) in [5.41, 5.74) is 5.03. The average molecular weight is 421 g/mol. The van der Waals surface area contributed by atoms with Gasteiger partial charge in [-0.3, -0.25) is 19.2 Å². The van der Waals surface area contributed by atoms with Gasteiger partial charge in [0.25, 0.3) is 0 Å². The Bertz CT molecular complexity index is 580. The lowest BCUT2D eigenvalue weighted by molar-refractivity contribution is -0.173. The monoisotopic (exact) mass is 421 g/mol. The van der Waals surface area contributed by atoms with Crippen LogP contribution in [0, 0.1) is 17.8 Å². The van der Waals surface area contributed by atoms with Crippen LogP contribution in [0.1, 0.15) is 27.7 Å². The molecule has 2 aliphatic heterocycles. The predicted molar refractivity (Wildman–Crippen MR) is 98.9 cm³/mol. The van der Waals surface area contributed by atoms with Crippen molar-refractivity contribution in [3.63, 3.8) is 0 Å². The first-order chi connectivity index (χ1) is 13.3. The number of ether oxygens (including phenoxy) is 1. The number of carbonyl (C=O) groups excluding carboxylic acids is 3. The summed E-state index contributed by atoms with van der Waals surface area (Å²) in [6, 6.07) is 0. The molecule has 0 aromatic rings. The summed E-state index contributed by atoms with van der Waals surface area (Å²) in [5.74, 6) is -3.41. The Hall–Kier alpha value is -2.28. The number of aliphatic hydroxyl groups is 3. The summed E-state index contributed by atoms with van der Waals surface area (Å²) >= 11 is 0. The molecule has 2 aliphatic rings. The topological polar surface area (TPSA) is 209 Å². The molecule has 7 atom stereocenters. The number of carboxylic acid groups (broad SMARTS) is 1. The van der Waals surface area contributed by atoms with Gasteiger partial charge < -0.3 is 41.5 Å². The van der Waals surface area contributed by atoms with Gasteiger partial charge in [-0.25, -0.2) is 0 Å². The van der Waals surface area contributed by atoms with Gasteiger partial charge in [0.1, 0.15) is 5.92 Å². The number of hydrogen-bond acceptors (Lipinski definition) is 9. The molecular weight excluding hydrogens is 390 g/mol. The molecule has 0 aromatic carbocycles. The Kier molecular flexibility index (Phi) is 11.3. The van der Waals surface area contributed by atoms with Crippen LogP contribution in [0.2, 0.25) is 0 Å². The second-order valence-electron chi connectivity index (χ2n) is 6.82. The minimum atomic E-state index is -1.05. The van der Waals surface area contributed by atoms with Crippen LogP contribution in [0.5, 0.6) is 0 Å². The number of nitrogens with two attached hydrogens (primary N) is 1. The number of carbonyl (C=O) groups is 4. The Morgan fingerprint density at radius 3 is 1.83 bits per heavy atom. The number of hydrogen-bond donors (Lipinski definition) is 7. The van der Waals surface area contributed by atoms with Crippen molar-refractivity contribution in [3.05, 3.63) is 0 Å². The lowest BCUT2D eigenvalue weighted by Crippen LogP contribution is -2.63. The molecule has 2 rings (SSSR count). The van der Waals surface area contributed by atoms with Crippen LogP contribution in [0.4, 0.5) is 0 Å². The van der Waals surface area contributed by atoms with Crippen LogP contribution >= 0.6 is 0 Å². The van der Waals surface area contributed by atoms with E-state index in [9.17, 15) is 19.2 Å². The number of esters is 1. The third kappa shape index (κ3) is 8.73. The van der Waals surface area contributed by atoms with E-state index < -0.39 is 48.3 Å². The van der Waals surface area contributed by atoms with E-state index in [1.54, 1.807) is 6.92 Å². The number of amides is 2. The molecule has 2 saturated heterocycles. The van der Waals surface area contributed by atoms with Crippen LogP contribution in [0.25, 0.3) is 0 Å². The van der Waals surface area contributed by atoms with Crippen LogP contribution < -0.4 is 16.4 Å². The molecule has 0 radical (unpaired) electrons. The zero-order valence-corrected chi connectivity index (χ0v) is 16.9. The largest absolute Gasteiger partial charge is 0.481 e. The third-order valence-electron chi connectivity index (χ3n) is 4.29. The van der Waals surface area contributed by atoms with Crippen LogP contribution in [0.3, 0.4) is 0 Å². The lowest BCUT2D eigenvalue weighted by atomic mass is 9.94. The molecule has 12 nitrogen and oxygen atoms in total. The molecule has 2 fully saturated rings. The summed E-state index contributed by atoms with van der Waals surface area (Å²) in [4.78, 5) is 41.8. The first kappa shape index (κ1) is 26.7. The lowest BCUT2D eigenvalue weighted by Gasteiger charge is -2.36. The van der Waals surface area contributed by atoms with E-state index in [1.165, 1.54) is 20.8 Å². The molecule has 29 heavy (non-hydrogen) atoms. The molecule has 0 unspecified atom stereocenters. The maximum atomic E-state index is 10.8. The zero-order chi connectivity index (χ0) is 22.9. The third-order valence-corrected chi connectivity index (χ3v) is 4.29. The smallest absolute Gasteiger partial charge is 0.310 e. The first-order valence-electron chi connectivity index (χ1n) is 9.05. The minimum Gasteiger partial charge on any atom is -0.481 e. The van der Waals surface area contributed by atoms with E-state index >= 15 is 0 Å². The van der Waals surface area contributed by atoms with Crippen molar-refractivity contribution in [1.29, 1.82) is 0 Å². The summed E-state index contributed by atoms with van der Waals surface area (Å²) in [5, 5.41) is 39.8. The van der Waals surface area contributed by atoms with E-state index in [1.807, 2.05) is 0 Å². The molecule has 0 saturated carbocycles. The van der Waals surface area contributed by atoms with Crippen molar-refractivity contribution in [2.75, 3.05) is 13.1 Å². The molecule has 168 valence electrons. The van der Waals surface area contributed by atoms with Crippen LogP contribution in [-0.4, -0.2) is 81.8 Å². The molecule has 8 N–H and O–H groups in total. The number of rotatable bonds is 6. The molecule has 0 aliphatic carbocycles. The fraction of sp³-hybridized carbons (Fsp3) is 0.765. The van der Waals surface area contributed by atoms with E-state index in [0.717, 1.165) is 0 Å². The highest BCUT2D eigenvalue weighted by Gasteiger charge is 2.44. The maximum absolute atomic E-state index is 10.8. The summed E-state index contributed by atoms with van der Waals surface area (Å²) in [7, 11) is 0. The second-order valence-corrected chi connectivity index (χ2v) is 6.82. The fourth-order valence-corrected chi connectivity index (χ4v) is 2.32. The normalized spacial score (nSPS) is 26.1. The number of carboxylic acids is 1. The zero-order valence-electron chi connectivity index (χ0n) is 16.9. The van der Waals surface area contributed by atoms with Crippen molar-refractivity contribution in [3.8, 4) is 0 Å². The number of β-lactam (4-membered cyclic amide) rings is 2. The Morgan fingerprint density at radius 2 is 1.69 bits per heavy atom. The van der Waals surface area contributed by atoms with E-state index in [-0.39, 0.29) is 24.3 Å². The Morgan fingerprint density at radius 1 is 1.14 bits per heavy atom. The first-order valence-corrected chi connectivity index (χ1v) is 9.05. The summed E-state index contributed by atoms with van der Waals surface area (Å²) < 4.78 is 4.70. The molecule has 2 heterocycles. The van der Waals surface area contributed by atoms with E-state index in [4.69, 9.17) is 30.9 Å². The average Bonchev–Trinajstić information content (AvgIpc) is 2.52. The molecule has 2 amide bonds. The van der Waals surface area contributed by atoms with Crippen LogP contribution in [-0.2, 0) is 23.9 Å². The number of aliphatic hydroxyl groups excluding tert-OH is 3. The van der Waals surface area contributed by atoms with Gasteiger partial charge >= 0.3 is 11.9 Å². The molecular formula is C17H31N3O9. The highest BCUT2D eigenvalue weighted by molar-refractivity contribution is 5.86. The van der Waals surface area contributed by atoms with Gasteiger partial charge in [-0.15, -0.1) is 0 Å². The summed E-state index contributed by atoms with van der Waals surface area (Å²) in [6.07, 6.45) is -2.80. The number of nitrogens with one attached hydrogen (secondary N) is 2. The van der Waals surface area contributed by atoms with E-state index in [0.29, 0.717) is 6.54 Å². The van der Waals surface area contributed by atoms with Gasteiger partial charge in [0.15, 0.2) is 6.23 Å². The SMILES string of the molecule is CC(=O)O[C@H]1NC(=O)[C@@H]1[C@@H](C)O.C[C@@H](O)[C@@H]1CNC1=O.C[C@@H](O)[C@H](CN)C(=O)O. The molecule has 12 heteroatoms. The van der Waals surface area contributed by atoms with Gasteiger partial charge in [0.2, 0.25) is 11.8 Å². The van der Waals surface area contributed by atoms with E-state index in [2.05, 4.69) is 10.6 Å². The highest BCUT2D eigenvalue weighted by Crippen LogP contribution is 2.20. The van der Waals surface area contributed by atoms with Gasteiger partial charge in [-0.1, -0.05) is 0 Å². The molecule has 0 aromatic heterocycles. The van der Waals surface area contributed by atoms with Crippen molar-refractivity contribution < 1.29 is 44.3 Å². The molecule has 0 spiro atoms. The van der Waals surface area contributed by atoms with Gasteiger partial charge in [0.05, 0.1) is 30.1 Å². The summed E-state index contributed by atoms with van der Waals surface area (Å²) in [6.45, 7) is 6.39. The van der Waals surface area contributed by atoms with Gasteiger partial charge in [-0.2, -0.15) is 0 Å². The number of aliphatic carboxylic acids is 1. The second kappa shape index (κ2) is 12.3. The quantitative estimate of drug-likeness (QED) is 0.172. The van der Waals surface area contributed by atoms with Crippen molar-refractivity contribution in [1.82, 2.24) is 10.6 Å². The Labute approximate surface area is 168 Å². The van der Waals surface area contributed by atoms with Crippen molar-refractivity contribution >= 4 is 23.8 Å². The van der Waals surface area contributed by atoms with Crippen molar-refractivity contribution in [2.45, 2.75) is 52.2 Å². The van der Waals surface area contributed by atoms with Crippen LogP contribution in [0.15, 0.2) is 0 Å². The van der Waals surface area contributed by atoms with Crippen molar-refractivity contribution in [2.24, 2.45) is 23.5 Å². The highest BCUT2D eigenvalue weighted by atomic mass is 16.6. The minimum absolute atomic E-state index is 0.0208.